The standard InChI is InChI=1S/C13H16N4O2/c18-13(19)17-7-5-9(6-8-17)14-12-15-10-3-1-2-4-11(10)16-12/h1-4,9H,5-8H2,(H,18,19)(H2,14,15,16)/p-1. The summed E-state index contributed by atoms with van der Waals surface area (Å²) in [5.74, 6) is 0.744. The lowest BCUT2D eigenvalue weighted by Crippen LogP contribution is -2.47. The highest BCUT2D eigenvalue weighted by molar-refractivity contribution is 5.77. The number of likely N-dealkylation sites (tertiary alicyclic amines) is 1. The van der Waals surface area contributed by atoms with E-state index in [9.17, 15) is 9.90 Å². The van der Waals surface area contributed by atoms with Crippen molar-refractivity contribution in [2.45, 2.75) is 18.9 Å². The minimum absolute atomic E-state index is 0.246. The fourth-order valence-electron chi connectivity index (χ4n) is 2.42. The highest BCUT2D eigenvalue weighted by Gasteiger charge is 2.19. The largest absolute Gasteiger partial charge is 0.530 e. The van der Waals surface area contributed by atoms with Crippen LogP contribution in [0, 0.1) is 0 Å². The number of hydrogen-bond donors (Lipinski definition) is 2. The van der Waals surface area contributed by atoms with E-state index in [-0.39, 0.29) is 6.04 Å². The van der Waals surface area contributed by atoms with Crippen LogP contribution in [0.25, 0.3) is 11.0 Å². The van der Waals surface area contributed by atoms with E-state index in [0.717, 1.165) is 29.8 Å². The van der Waals surface area contributed by atoms with Gasteiger partial charge < -0.3 is 25.1 Å². The van der Waals surface area contributed by atoms with Crippen LogP contribution >= 0.6 is 0 Å². The number of anilines is 1. The Morgan fingerprint density at radius 1 is 1.37 bits per heavy atom. The van der Waals surface area contributed by atoms with Gasteiger partial charge in [-0.05, 0) is 25.0 Å². The molecule has 0 spiro atoms. The average molecular weight is 259 g/mol. The van der Waals surface area contributed by atoms with Gasteiger partial charge in [0.05, 0.1) is 11.0 Å². The van der Waals surface area contributed by atoms with E-state index in [1.807, 2.05) is 24.3 Å². The molecule has 1 aliphatic heterocycles. The number of para-hydroxylation sites is 2. The topological polar surface area (TPSA) is 84.1 Å². The quantitative estimate of drug-likeness (QED) is 0.834. The Bertz CT molecular complexity index is 554. The molecule has 1 fully saturated rings. The summed E-state index contributed by atoms with van der Waals surface area (Å²) in [4.78, 5) is 19.7. The molecule has 1 saturated heterocycles. The molecule has 2 heterocycles. The van der Waals surface area contributed by atoms with Crippen LogP contribution in [0.1, 0.15) is 12.8 Å². The van der Waals surface area contributed by atoms with Gasteiger partial charge in [-0.15, -0.1) is 0 Å². The number of carboxylic acid groups (broad SMARTS) is 1. The number of rotatable bonds is 2. The van der Waals surface area contributed by atoms with Crippen molar-refractivity contribution in [3.8, 4) is 0 Å². The molecule has 1 aromatic carbocycles. The molecule has 100 valence electrons. The van der Waals surface area contributed by atoms with Crippen molar-refractivity contribution in [3.63, 3.8) is 0 Å². The molecule has 19 heavy (non-hydrogen) atoms. The van der Waals surface area contributed by atoms with Crippen molar-refractivity contribution in [1.82, 2.24) is 14.9 Å². The zero-order valence-electron chi connectivity index (χ0n) is 10.4. The Kier molecular flexibility index (Phi) is 2.98. The summed E-state index contributed by atoms with van der Waals surface area (Å²) in [6.45, 7) is 1.03. The van der Waals surface area contributed by atoms with E-state index in [4.69, 9.17) is 0 Å². The molecule has 2 N–H and O–H groups in total. The first kappa shape index (κ1) is 11.8. The molecule has 1 aromatic heterocycles. The number of amides is 1. The highest BCUT2D eigenvalue weighted by Crippen LogP contribution is 2.17. The predicted octanol–water partition coefficient (Wildman–Crippen LogP) is 0.782. The van der Waals surface area contributed by atoms with Gasteiger partial charge in [0.1, 0.15) is 6.09 Å². The third kappa shape index (κ3) is 2.47. The van der Waals surface area contributed by atoms with Crippen LogP contribution in [0.2, 0.25) is 0 Å². The van der Waals surface area contributed by atoms with Gasteiger partial charge in [-0.3, -0.25) is 0 Å². The van der Waals surface area contributed by atoms with Gasteiger partial charge >= 0.3 is 0 Å². The second-order valence-corrected chi connectivity index (χ2v) is 4.77. The van der Waals surface area contributed by atoms with E-state index in [2.05, 4.69) is 15.3 Å². The average Bonchev–Trinajstić information content (AvgIpc) is 2.81. The molecule has 6 heteroatoms. The van der Waals surface area contributed by atoms with Crippen molar-refractivity contribution < 1.29 is 9.90 Å². The predicted molar refractivity (Wildman–Crippen MR) is 69.7 cm³/mol. The summed E-state index contributed by atoms with van der Waals surface area (Å²) < 4.78 is 0. The summed E-state index contributed by atoms with van der Waals surface area (Å²) in [6, 6.07) is 8.09. The second-order valence-electron chi connectivity index (χ2n) is 4.77. The zero-order valence-corrected chi connectivity index (χ0v) is 10.4. The third-order valence-corrected chi connectivity index (χ3v) is 3.48. The van der Waals surface area contributed by atoms with Gasteiger partial charge in [0.25, 0.3) is 0 Å². The van der Waals surface area contributed by atoms with Crippen LogP contribution in [-0.2, 0) is 0 Å². The number of benzene rings is 1. The molecule has 0 bridgehead atoms. The SMILES string of the molecule is O=C([O-])N1CCC(Nc2nc3ccccc3[nH]2)CC1. The molecule has 0 unspecified atom stereocenters. The number of H-pyrrole nitrogens is 1. The number of carbonyl (C=O) groups is 1. The number of imidazole rings is 1. The first-order valence-corrected chi connectivity index (χ1v) is 6.39. The maximum absolute atomic E-state index is 10.7. The van der Waals surface area contributed by atoms with Crippen LogP contribution in [-0.4, -0.2) is 40.1 Å². The van der Waals surface area contributed by atoms with E-state index in [1.54, 1.807) is 0 Å². The lowest BCUT2D eigenvalue weighted by atomic mass is 10.1. The van der Waals surface area contributed by atoms with Crippen molar-refractivity contribution in [1.29, 1.82) is 0 Å². The second kappa shape index (κ2) is 4.79. The van der Waals surface area contributed by atoms with E-state index < -0.39 is 6.09 Å². The summed E-state index contributed by atoms with van der Waals surface area (Å²) in [7, 11) is 0. The molecular formula is C13H15N4O2-. The van der Waals surface area contributed by atoms with Gasteiger partial charge in [-0.2, -0.15) is 0 Å². The fourth-order valence-corrected chi connectivity index (χ4v) is 2.42. The van der Waals surface area contributed by atoms with Crippen molar-refractivity contribution in [2.75, 3.05) is 18.4 Å². The maximum Gasteiger partial charge on any atom is 0.201 e. The number of fused-ring (bicyclic) bond motifs is 1. The first-order chi connectivity index (χ1) is 9.22. The Morgan fingerprint density at radius 3 is 2.79 bits per heavy atom. The molecule has 0 saturated carbocycles. The molecule has 1 amide bonds. The molecule has 2 aromatic rings. The van der Waals surface area contributed by atoms with E-state index in [0.29, 0.717) is 13.1 Å². The number of nitrogens with one attached hydrogen (secondary N) is 2. The van der Waals surface area contributed by atoms with Crippen LogP contribution in [0.3, 0.4) is 0 Å². The number of aromatic amines is 1. The molecule has 1 aliphatic rings. The van der Waals surface area contributed by atoms with Crippen molar-refractivity contribution >= 4 is 23.1 Å². The Balaban J connectivity index is 1.64. The highest BCUT2D eigenvalue weighted by atomic mass is 16.4. The molecule has 0 aliphatic carbocycles. The lowest BCUT2D eigenvalue weighted by Gasteiger charge is -2.33. The molecule has 3 rings (SSSR count). The fraction of sp³-hybridized carbons (Fsp3) is 0.385. The number of carbonyl (C=O) groups excluding carboxylic acids is 1. The number of nitrogens with zero attached hydrogens (tertiary/aromatic N) is 2. The number of hydrogen-bond acceptors (Lipinski definition) is 4. The Morgan fingerprint density at radius 2 is 2.11 bits per heavy atom. The molecular weight excluding hydrogens is 244 g/mol. The van der Waals surface area contributed by atoms with Gasteiger partial charge in [0.2, 0.25) is 5.95 Å². The van der Waals surface area contributed by atoms with Crippen LogP contribution in [0.5, 0.6) is 0 Å². The van der Waals surface area contributed by atoms with Crippen LogP contribution < -0.4 is 10.4 Å². The van der Waals surface area contributed by atoms with Crippen molar-refractivity contribution in [3.05, 3.63) is 24.3 Å². The van der Waals surface area contributed by atoms with Crippen LogP contribution in [0.4, 0.5) is 10.7 Å². The minimum atomic E-state index is -1.08. The molecule has 0 atom stereocenters. The maximum atomic E-state index is 10.7. The van der Waals surface area contributed by atoms with E-state index in [1.165, 1.54) is 4.90 Å². The monoisotopic (exact) mass is 259 g/mol. The Hall–Kier alpha value is -2.24. The van der Waals surface area contributed by atoms with Gasteiger partial charge in [0, 0.05) is 19.1 Å². The zero-order chi connectivity index (χ0) is 13.2. The Labute approximate surface area is 110 Å². The third-order valence-electron chi connectivity index (χ3n) is 3.48. The molecule has 0 radical (unpaired) electrons. The lowest BCUT2D eigenvalue weighted by molar-refractivity contribution is -0.266. The number of aromatic nitrogens is 2. The summed E-state index contributed by atoms with van der Waals surface area (Å²) in [5, 5.41) is 14.0. The summed E-state index contributed by atoms with van der Waals surface area (Å²) >= 11 is 0. The summed E-state index contributed by atoms with van der Waals surface area (Å²) in [5.41, 5.74) is 1.93. The smallest absolute Gasteiger partial charge is 0.201 e. The summed E-state index contributed by atoms with van der Waals surface area (Å²) in [6.07, 6.45) is 0.456. The molecule has 6 nitrogen and oxygen atoms in total. The van der Waals surface area contributed by atoms with Crippen LogP contribution in [0.15, 0.2) is 24.3 Å². The normalized spacial score (nSPS) is 16.7. The number of piperidine rings is 1. The van der Waals surface area contributed by atoms with Gasteiger partial charge in [-0.1, -0.05) is 12.1 Å². The van der Waals surface area contributed by atoms with Gasteiger partial charge in [0.15, 0.2) is 0 Å². The van der Waals surface area contributed by atoms with Crippen molar-refractivity contribution in [2.24, 2.45) is 0 Å². The van der Waals surface area contributed by atoms with Gasteiger partial charge in [-0.25, -0.2) is 4.98 Å². The van der Waals surface area contributed by atoms with E-state index >= 15 is 0 Å². The first-order valence-electron chi connectivity index (χ1n) is 6.39. The minimum Gasteiger partial charge on any atom is -0.530 e.